The van der Waals surface area contributed by atoms with Crippen molar-refractivity contribution in [3.05, 3.63) is 94.5 Å². The number of ether oxygens (including phenoxy) is 1. The van der Waals surface area contributed by atoms with Gasteiger partial charge in [0.15, 0.2) is 0 Å². The lowest BCUT2D eigenvalue weighted by molar-refractivity contribution is 0.298. The van der Waals surface area contributed by atoms with Crippen molar-refractivity contribution in [3.63, 3.8) is 0 Å². The summed E-state index contributed by atoms with van der Waals surface area (Å²) in [5, 5.41) is 1.54. The summed E-state index contributed by atoms with van der Waals surface area (Å²) in [4.78, 5) is 2.27. The van der Waals surface area contributed by atoms with E-state index in [2.05, 4.69) is 107 Å². The van der Waals surface area contributed by atoms with Crippen molar-refractivity contribution in [2.24, 2.45) is 0 Å². The average molecular weight is 448 g/mol. The third kappa shape index (κ3) is 6.00. The number of hydrogen-bond acceptors (Lipinski definition) is 2. The fourth-order valence-electron chi connectivity index (χ4n) is 4.33. The molecule has 0 bridgehead atoms. The molecule has 0 aliphatic rings. The van der Waals surface area contributed by atoms with Gasteiger partial charge in [-0.15, -0.1) is 0 Å². The topological polar surface area (TPSA) is 12.5 Å². The second-order valence-electron chi connectivity index (χ2n) is 9.09. The maximum absolute atomic E-state index is 6.44. The molecule has 0 amide bonds. The van der Waals surface area contributed by atoms with Gasteiger partial charge in [0.2, 0.25) is 0 Å². The summed E-state index contributed by atoms with van der Waals surface area (Å²) in [6.45, 7) is 10.6. The fourth-order valence-corrected chi connectivity index (χ4v) is 6.01. The van der Waals surface area contributed by atoms with Crippen LogP contribution in [0.3, 0.4) is 0 Å². The second-order valence-corrected chi connectivity index (χ2v) is 10.8. The van der Waals surface area contributed by atoms with Crippen LogP contribution in [-0.4, -0.2) is 19.0 Å². The highest BCUT2D eigenvalue weighted by Gasteiger charge is 2.33. The minimum atomic E-state index is 0.0639. The predicted molar refractivity (Wildman–Crippen MR) is 141 cm³/mol. The van der Waals surface area contributed by atoms with Gasteiger partial charge in [0.05, 0.1) is 0 Å². The molecule has 0 saturated heterocycles. The van der Waals surface area contributed by atoms with E-state index in [0.29, 0.717) is 15.2 Å². The zero-order valence-electron chi connectivity index (χ0n) is 20.5. The van der Waals surface area contributed by atoms with Gasteiger partial charge in [0.25, 0.3) is 0 Å². The van der Waals surface area contributed by atoms with Crippen LogP contribution < -0.4 is 10.0 Å². The Labute approximate surface area is 196 Å². The van der Waals surface area contributed by atoms with Gasteiger partial charge >= 0.3 is 0 Å². The zero-order chi connectivity index (χ0) is 23.1. The standard InChI is InChI=1S/C29H38NOP/c1-7-29(8-2,32-28-17-15-22(3)18-25(28)20-30(5)6)26-19-23(4)14-16-27(26)31-21-24-12-10-9-11-13-24/h9-19,32H,7-8,20-21H2,1-6H3. The van der Waals surface area contributed by atoms with Gasteiger partial charge in [-0.05, 0) is 63.3 Å². The maximum Gasteiger partial charge on any atom is 0.123 e. The molecule has 32 heavy (non-hydrogen) atoms. The quantitative estimate of drug-likeness (QED) is 0.311. The summed E-state index contributed by atoms with van der Waals surface area (Å²) in [5.41, 5.74) is 6.62. The lowest BCUT2D eigenvalue weighted by Crippen LogP contribution is -2.25. The first kappa shape index (κ1) is 24.5. The highest BCUT2D eigenvalue weighted by Crippen LogP contribution is 2.50. The van der Waals surface area contributed by atoms with E-state index >= 15 is 0 Å². The monoisotopic (exact) mass is 447 g/mol. The van der Waals surface area contributed by atoms with Crippen molar-refractivity contribution in [1.29, 1.82) is 0 Å². The molecule has 0 aromatic heterocycles. The number of nitrogens with zero attached hydrogens (tertiary/aromatic N) is 1. The Morgan fingerprint density at radius 1 is 0.844 bits per heavy atom. The van der Waals surface area contributed by atoms with E-state index < -0.39 is 0 Å². The van der Waals surface area contributed by atoms with Gasteiger partial charge in [-0.3, -0.25) is 0 Å². The Kier molecular flexibility index (Phi) is 8.51. The molecule has 170 valence electrons. The lowest BCUT2D eigenvalue weighted by Gasteiger charge is -2.35. The highest BCUT2D eigenvalue weighted by atomic mass is 31.1. The van der Waals surface area contributed by atoms with Gasteiger partial charge in [0.1, 0.15) is 12.4 Å². The molecule has 3 rings (SSSR count). The van der Waals surface area contributed by atoms with Gasteiger partial charge in [-0.1, -0.05) is 94.2 Å². The lowest BCUT2D eigenvalue weighted by atomic mass is 9.90. The van der Waals surface area contributed by atoms with E-state index in [1.54, 1.807) is 0 Å². The zero-order valence-corrected chi connectivity index (χ0v) is 21.5. The molecule has 0 aliphatic carbocycles. The molecule has 0 N–H and O–H groups in total. The molecule has 2 nitrogen and oxygen atoms in total. The fraction of sp³-hybridized carbons (Fsp3) is 0.379. The number of rotatable bonds is 10. The van der Waals surface area contributed by atoms with E-state index in [1.165, 1.54) is 33.1 Å². The van der Waals surface area contributed by atoms with E-state index in [0.717, 1.165) is 25.1 Å². The third-order valence-corrected chi connectivity index (χ3v) is 8.43. The average Bonchev–Trinajstić information content (AvgIpc) is 2.78. The Bertz CT molecular complexity index is 1010. The molecule has 1 unspecified atom stereocenters. The summed E-state index contributed by atoms with van der Waals surface area (Å²) in [7, 11) is 5.00. The van der Waals surface area contributed by atoms with Crippen LogP contribution >= 0.6 is 8.58 Å². The molecule has 3 aromatic rings. The van der Waals surface area contributed by atoms with E-state index in [4.69, 9.17) is 4.74 Å². The smallest absolute Gasteiger partial charge is 0.123 e. The van der Waals surface area contributed by atoms with E-state index in [1.807, 2.05) is 6.07 Å². The highest BCUT2D eigenvalue weighted by molar-refractivity contribution is 7.48. The first-order valence-electron chi connectivity index (χ1n) is 11.7. The normalized spacial score (nSPS) is 12.1. The van der Waals surface area contributed by atoms with Crippen LogP contribution in [0.25, 0.3) is 0 Å². The first-order chi connectivity index (χ1) is 15.4. The van der Waals surface area contributed by atoms with Crippen molar-refractivity contribution < 1.29 is 4.74 Å². The summed E-state index contributed by atoms with van der Waals surface area (Å²) >= 11 is 0. The first-order valence-corrected chi connectivity index (χ1v) is 12.7. The van der Waals surface area contributed by atoms with E-state index in [9.17, 15) is 0 Å². The van der Waals surface area contributed by atoms with Crippen molar-refractivity contribution in [3.8, 4) is 5.75 Å². The van der Waals surface area contributed by atoms with Crippen molar-refractivity contribution in [1.82, 2.24) is 4.90 Å². The SMILES string of the molecule is CCC(CC)(Pc1ccc(C)cc1CN(C)C)c1cc(C)ccc1OCc1ccccc1. The van der Waals surface area contributed by atoms with Crippen LogP contribution in [0.4, 0.5) is 0 Å². The molecule has 3 aromatic carbocycles. The Balaban J connectivity index is 2.00. The summed E-state index contributed by atoms with van der Waals surface area (Å²) in [6, 6.07) is 24.1. The molecule has 0 radical (unpaired) electrons. The van der Waals surface area contributed by atoms with Gasteiger partial charge in [-0.2, -0.15) is 0 Å². The summed E-state index contributed by atoms with van der Waals surface area (Å²) in [6.07, 6.45) is 2.17. The minimum absolute atomic E-state index is 0.0639. The molecule has 3 heteroatoms. The predicted octanol–water partition coefficient (Wildman–Crippen LogP) is 6.96. The summed E-state index contributed by atoms with van der Waals surface area (Å²) < 4.78 is 6.44. The summed E-state index contributed by atoms with van der Waals surface area (Å²) in [5.74, 6) is 1.02. The molecular weight excluding hydrogens is 409 g/mol. The van der Waals surface area contributed by atoms with Crippen LogP contribution in [-0.2, 0) is 18.3 Å². The molecule has 0 saturated carbocycles. The number of aryl methyl sites for hydroxylation is 2. The third-order valence-electron chi connectivity index (χ3n) is 6.22. The van der Waals surface area contributed by atoms with E-state index in [-0.39, 0.29) is 5.16 Å². The Morgan fingerprint density at radius 2 is 1.50 bits per heavy atom. The van der Waals surface area contributed by atoms with Crippen molar-refractivity contribution in [2.45, 2.75) is 58.8 Å². The van der Waals surface area contributed by atoms with Gasteiger partial charge < -0.3 is 9.64 Å². The number of hydrogen-bond donors (Lipinski definition) is 0. The Morgan fingerprint density at radius 3 is 2.16 bits per heavy atom. The van der Waals surface area contributed by atoms with Crippen molar-refractivity contribution >= 4 is 13.9 Å². The second kappa shape index (κ2) is 11.1. The Hall–Kier alpha value is -2.15. The largest absolute Gasteiger partial charge is 0.489 e. The van der Waals surface area contributed by atoms with Crippen LogP contribution in [0, 0.1) is 13.8 Å². The van der Waals surface area contributed by atoms with Crippen LogP contribution in [0.2, 0.25) is 0 Å². The van der Waals surface area contributed by atoms with Crippen LogP contribution in [0.1, 0.15) is 54.5 Å². The van der Waals surface area contributed by atoms with Crippen molar-refractivity contribution in [2.75, 3.05) is 14.1 Å². The molecular formula is C29H38NOP. The number of benzene rings is 3. The molecule has 0 fully saturated rings. The van der Waals surface area contributed by atoms with Crippen LogP contribution in [0.15, 0.2) is 66.7 Å². The molecule has 0 aliphatic heterocycles. The molecule has 0 spiro atoms. The van der Waals surface area contributed by atoms with Gasteiger partial charge in [-0.25, -0.2) is 0 Å². The molecule has 0 heterocycles. The minimum Gasteiger partial charge on any atom is -0.489 e. The van der Waals surface area contributed by atoms with Crippen LogP contribution in [0.5, 0.6) is 5.75 Å². The van der Waals surface area contributed by atoms with Gasteiger partial charge in [0, 0.05) is 17.3 Å². The molecule has 1 atom stereocenters. The maximum atomic E-state index is 6.44.